The number of hydrazone groups is 1. The van der Waals surface area contributed by atoms with Crippen LogP contribution in [-0.2, 0) is 33.6 Å². The van der Waals surface area contributed by atoms with Crippen molar-refractivity contribution in [3.8, 4) is 0 Å². The first-order valence-corrected chi connectivity index (χ1v) is 11.8. The van der Waals surface area contributed by atoms with Crippen molar-refractivity contribution in [1.82, 2.24) is 10.3 Å². The largest absolute Gasteiger partial charge is 0.461 e. The van der Waals surface area contributed by atoms with Crippen LogP contribution in [0.3, 0.4) is 0 Å². The maximum absolute atomic E-state index is 12.9. The van der Waals surface area contributed by atoms with Gasteiger partial charge in [-0.15, -0.1) is 11.3 Å². The number of carbonyl (C=O) groups excluding carboxylic acids is 2. The maximum Gasteiger partial charge on any atom is 0.354 e. The Morgan fingerprint density at radius 1 is 1.23 bits per heavy atom. The number of anilines is 1. The quantitative estimate of drug-likeness (QED) is 0.503. The van der Waals surface area contributed by atoms with Crippen LogP contribution in [0.4, 0.5) is 5.69 Å². The molecule has 0 saturated carbocycles. The lowest BCUT2D eigenvalue weighted by Gasteiger charge is -2.22. The molecule has 1 amide bonds. The van der Waals surface area contributed by atoms with Gasteiger partial charge in [-0.05, 0) is 51.2 Å². The molecule has 8 heteroatoms. The van der Waals surface area contributed by atoms with Gasteiger partial charge in [-0.25, -0.2) is 9.78 Å². The van der Waals surface area contributed by atoms with Crippen molar-refractivity contribution < 1.29 is 14.3 Å². The lowest BCUT2D eigenvalue weighted by atomic mass is 10.0. The third-order valence-electron chi connectivity index (χ3n) is 5.50. The van der Waals surface area contributed by atoms with Gasteiger partial charge in [-0.3, -0.25) is 9.80 Å². The van der Waals surface area contributed by atoms with E-state index in [-0.39, 0.29) is 24.6 Å². The minimum Gasteiger partial charge on any atom is -0.461 e. The van der Waals surface area contributed by atoms with Crippen molar-refractivity contribution in [3.63, 3.8) is 0 Å². The summed E-state index contributed by atoms with van der Waals surface area (Å²) in [4.78, 5) is 31.3. The van der Waals surface area contributed by atoms with Gasteiger partial charge in [-0.1, -0.05) is 18.2 Å². The second kappa shape index (κ2) is 10.0. The summed E-state index contributed by atoms with van der Waals surface area (Å²) >= 11 is 1.82. The van der Waals surface area contributed by atoms with Crippen LogP contribution in [0.25, 0.3) is 0 Å². The van der Waals surface area contributed by atoms with Crippen molar-refractivity contribution in [2.75, 3.05) is 18.2 Å². The first-order chi connectivity index (χ1) is 15.2. The molecule has 1 aromatic heterocycles. The number of nitrogens with one attached hydrogen (secondary N) is 1. The van der Waals surface area contributed by atoms with E-state index in [9.17, 15) is 9.59 Å². The molecule has 1 unspecified atom stereocenters. The fourth-order valence-corrected chi connectivity index (χ4v) is 5.15. The van der Waals surface area contributed by atoms with Gasteiger partial charge in [0, 0.05) is 24.3 Å². The molecule has 1 aromatic carbocycles. The SMILES string of the molecule is CCOC(=O)C1=NN(c2ccccc2)C(C(=O)NCCCc2nc3c(s2)CCCC3)C1. The first kappa shape index (κ1) is 21.5. The highest BCUT2D eigenvalue weighted by atomic mass is 32.1. The molecule has 1 aliphatic carbocycles. The number of aromatic nitrogens is 1. The molecular formula is C23H28N4O3S. The number of carbonyl (C=O) groups is 2. The Balaban J connectivity index is 1.34. The molecule has 0 fully saturated rings. The van der Waals surface area contributed by atoms with Crippen LogP contribution in [0.5, 0.6) is 0 Å². The third kappa shape index (κ3) is 5.12. The smallest absolute Gasteiger partial charge is 0.354 e. The van der Waals surface area contributed by atoms with Gasteiger partial charge in [0.1, 0.15) is 11.8 Å². The van der Waals surface area contributed by atoms with E-state index in [1.54, 1.807) is 11.9 Å². The second-order valence-corrected chi connectivity index (χ2v) is 8.91. The van der Waals surface area contributed by atoms with Crippen molar-refractivity contribution in [2.24, 2.45) is 5.10 Å². The highest BCUT2D eigenvalue weighted by Crippen LogP contribution is 2.27. The number of amides is 1. The molecule has 2 aliphatic rings. The zero-order valence-electron chi connectivity index (χ0n) is 17.8. The highest BCUT2D eigenvalue weighted by molar-refractivity contribution is 7.11. The van der Waals surface area contributed by atoms with Gasteiger partial charge in [0.2, 0.25) is 5.91 Å². The summed E-state index contributed by atoms with van der Waals surface area (Å²) < 4.78 is 5.09. The van der Waals surface area contributed by atoms with Crippen LogP contribution < -0.4 is 10.3 Å². The van der Waals surface area contributed by atoms with Gasteiger partial charge in [0.15, 0.2) is 0 Å². The van der Waals surface area contributed by atoms with Crippen LogP contribution in [-0.4, -0.2) is 41.8 Å². The number of aryl methyl sites for hydroxylation is 3. The van der Waals surface area contributed by atoms with Gasteiger partial charge >= 0.3 is 5.97 Å². The maximum atomic E-state index is 12.9. The number of rotatable bonds is 8. The topological polar surface area (TPSA) is 83.9 Å². The van der Waals surface area contributed by atoms with E-state index in [1.807, 2.05) is 41.7 Å². The lowest BCUT2D eigenvalue weighted by Crippen LogP contribution is -2.43. The number of hydrogen-bond donors (Lipinski definition) is 1. The number of nitrogens with zero attached hydrogens (tertiary/aromatic N) is 3. The lowest BCUT2D eigenvalue weighted by molar-refractivity contribution is -0.135. The Morgan fingerprint density at radius 3 is 2.81 bits per heavy atom. The first-order valence-electron chi connectivity index (χ1n) is 11.0. The molecule has 164 valence electrons. The number of thiazole rings is 1. The summed E-state index contributed by atoms with van der Waals surface area (Å²) in [5.74, 6) is -0.600. The third-order valence-corrected chi connectivity index (χ3v) is 6.72. The van der Waals surface area contributed by atoms with Crippen molar-refractivity contribution in [1.29, 1.82) is 0 Å². The predicted molar refractivity (Wildman–Crippen MR) is 121 cm³/mol. The summed E-state index contributed by atoms with van der Waals surface area (Å²) in [5, 5.41) is 10.2. The number of hydrogen-bond acceptors (Lipinski definition) is 7. The van der Waals surface area contributed by atoms with E-state index in [0.717, 1.165) is 31.4 Å². The molecule has 0 bridgehead atoms. The fraction of sp³-hybridized carbons (Fsp3) is 0.478. The van der Waals surface area contributed by atoms with E-state index >= 15 is 0 Å². The van der Waals surface area contributed by atoms with Crippen LogP contribution in [0.15, 0.2) is 35.4 Å². The number of esters is 1. The molecule has 0 radical (unpaired) electrons. The highest BCUT2D eigenvalue weighted by Gasteiger charge is 2.36. The number of para-hydroxylation sites is 1. The Morgan fingerprint density at radius 2 is 2.03 bits per heavy atom. The van der Waals surface area contributed by atoms with Crippen LogP contribution in [0.2, 0.25) is 0 Å². The van der Waals surface area contributed by atoms with E-state index < -0.39 is 12.0 Å². The normalized spacial score (nSPS) is 17.8. The molecule has 2 heterocycles. The van der Waals surface area contributed by atoms with Crippen LogP contribution in [0.1, 0.15) is 48.2 Å². The summed E-state index contributed by atoms with van der Waals surface area (Å²) in [6.07, 6.45) is 6.70. The minimum atomic E-state index is -0.561. The molecule has 1 N–H and O–H groups in total. The van der Waals surface area contributed by atoms with Gasteiger partial charge in [-0.2, -0.15) is 5.10 Å². The molecule has 0 saturated heterocycles. The van der Waals surface area contributed by atoms with E-state index in [2.05, 4.69) is 10.4 Å². The molecule has 4 rings (SSSR count). The van der Waals surface area contributed by atoms with Crippen LogP contribution >= 0.6 is 11.3 Å². The summed E-state index contributed by atoms with van der Waals surface area (Å²) in [7, 11) is 0. The number of fused-ring (bicyclic) bond motifs is 1. The Labute approximate surface area is 186 Å². The molecule has 31 heavy (non-hydrogen) atoms. The van der Waals surface area contributed by atoms with Gasteiger partial charge in [0.05, 0.1) is 23.0 Å². The standard InChI is InChI=1S/C23H28N4O3S/c1-2-30-23(29)18-15-19(27(26-18)16-9-4-3-5-10-16)22(28)24-14-8-13-21-25-17-11-6-7-12-20(17)31-21/h3-5,9-10,19H,2,6-8,11-15H2,1H3,(H,24,28). The van der Waals surface area contributed by atoms with Crippen molar-refractivity contribution in [3.05, 3.63) is 45.9 Å². The molecule has 7 nitrogen and oxygen atoms in total. The molecule has 1 atom stereocenters. The van der Waals surface area contributed by atoms with E-state index in [4.69, 9.17) is 9.72 Å². The average molecular weight is 441 g/mol. The minimum absolute atomic E-state index is 0.134. The summed E-state index contributed by atoms with van der Waals surface area (Å²) in [6, 6.07) is 8.87. The molecule has 1 aliphatic heterocycles. The molecule has 2 aromatic rings. The van der Waals surface area contributed by atoms with E-state index in [0.29, 0.717) is 6.54 Å². The number of benzene rings is 1. The zero-order valence-corrected chi connectivity index (χ0v) is 18.6. The number of ether oxygens (including phenoxy) is 1. The van der Waals surface area contributed by atoms with Gasteiger partial charge < -0.3 is 10.1 Å². The van der Waals surface area contributed by atoms with Crippen molar-refractivity contribution >= 4 is 34.6 Å². The fourth-order valence-electron chi connectivity index (χ4n) is 3.95. The summed E-state index contributed by atoms with van der Waals surface area (Å²) in [6.45, 7) is 2.60. The van der Waals surface area contributed by atoms with Crippen molar-refractivity contribution in [2.45, 2.75) is 57.9 Å². The Bertz CT molecular complexity index is 933. The predicted octanol–water partition coefficient (Wildman–Crippen LogP) is 3.27. The van der Waals surface area contributed by atoms with Crippen LogP contribution in [0, 0.1) is 0 Å². The van der Waals surface area contributed by atoms with E-state index in [1.165, 1.54) is 28.4 Å². The monoisotopic (exact) mass is 440 g/mol. The Hall–Kier alpha value is -2.74. The second-order valence-electron chi connectivity index (χ2n) is 7.75. The zero-order chi connectivity index (χ0) is 21.6. The Kier molecular flexibility index (Phi) is 6.96. The van der Waals surface area contributed by atoms with Gasteiger partial charge in [0.25, 0.3) is 0 Å². The summed E-state index contributed by atoms with van der Waals surface area (Å²) in [5.41, 5.74) is 2.33. The molecular weight excluding hydrogens is 412 g/mol. The molecule has 0 spiro atoms. The average Bonchev–Trinajstić information content (AvgIpc) is 3.42.